The Bertz CT molecular complexity index is 1020. The number of alkyl carbamates (subject to hydrolysis) is 1. The topological polar surface area (TPSA) is 105 Å². The van der Waals surface area contributed by atoms with Gasteiger partial charge in [0.2, 0.25) is 5.91 Å². The first-order valence-corrected chi connectivity index (χ1v) is 11.9. The molecule has 0 heterocycles. The summed E-state index contributed by atoms with van der Waals surface area (Å²) < 4.78 is 5.54. The molecule has 0 spiro atoms. The number of ether oxygens (including phenoxy) is 1. The number of nitrogens with one attached hydrogen (secondary N) is 2. The summed E-state index contributed by atoms with van der Waals surface area (Å²) in [6.07, 6.45) is 2.52. The molecule has 2 amide bonds. The van der Waals surface area contributed by atoms with Crippen molar-refractivity contribution in [2.24, 2.45) is 11.3 Å². The van der Waals surface area contributed by atoms with Gasteiger partial charge in [-0.05, 0) is 46.4 Å². The molecule has 0 aliphatic heterocycles. The molecule has 3 N–H and O–H groups in total. The van der Waals surface area contributed by atoms with Gasteiger partial charge >= 0.3 is 12.1 Å². The van der Waals surface area contributed by atoms with E-state index in [4.69, 9.17) is 9.84 Å². The molecule has 0 radical (unpaired) electrons. The molecule has 180 valence electrons. The molecule has 34 heavy (non-hydrogen) atoms. The maximum Gasteiger partial charge on any atom is 0.407 e. The van der Waals surface area contributed by atoms with Gasteiger partial charge in [0.05, 0.1) is 6.42 Å². The molecule has 1 unspecified atom stereocenters. The molecule has 1 fully saturated rings. The van der Waals surface area contributed by atoms with Gasteiger partial charge < -0.3 is 20.5 Å². The zero-order valence-electron chi connectivity index (χ0n) is 19.5. The van der Waals surface area contributed by atoms with Crippen molar-refractivity contribution in [1.82, 2.24) is 10.6 Å². The summed E-state index contributed by atoms with van der Waals surface area (Å²) in [5, 5.41) is 14.7. The Hall–Kier alpha value is -3.35. The standard InChI is InChI=1S/C27H32N2O5/c1-18(13-24(30)29-17-27(11-6-12-27)14-25(31)32)15-28-26(33)34-16-23-21-9-4-2-7-19(21)20-8-3-5-10-22(20)23/h2-5,7-10,18,23H,6,11-17H2,1H3,(H,28,33)(H,29,30)(H,31,32). The fourth-order valence-electron chi connectivity index (χ4n) is 5.07. The lowest BCUT2D eigenvalue weighted by atomic mass is 9.66. The highest BCUT2D eigenvalue weighted by molar-refractivity contribution is 5.79. The largest absolute Gasteiger partial charge is 0.481 e. The van der Waals surface area contributed by atoms with Crippen molar-refractivity contribution in [2.75, 3.05) is 19.7 Å². The predicted molar refractivity (Wildman–Crippen MR) is 128 cm³/mol. The number of amides is 2. The van der Waals surface area contributed by atoms with Crippen LogP contribution >= 0.6 is 0 Å². The number of aliphatic carboxylic acids is 1. The number of benzene rings is 2. The second-order valence-corrected chi connectivity index (χ2v) is 9.72. The molecule has 0 saturated heterocycles. The van der Waals surface area contributed by atoms with Crippen LogP contribution in [0.1, 0.15) is 56.1 Å². The third kappa shape index (κ3) is 5.41. The Labute approximate surface area is 199 Å². The van der Waals surface area contributed by atoms with Gasteiger partial charge in [-0.15, -0.1) is 0 Å². The Balaban J connectivity index is 1.20. The van der Waals surface area contributed by atoms with Crippen molar-refractivity contribution in [2.45, 2.75) is 44.9 Å². The Morgan fingerprint density at radius 2 is 1.65 bits per heavy atom. The third-order valence-electron chi connectivity index (χ3n) is 7.07. The van der Waals surface area contributed by atoms with Crippen molar-refractivity contribution < 1.29 is 24.2 Å². The molecule has 0 bridgehead atoms. The van der Waals surface area contributed by atoms with Crippen LogP contribution in [0.2, 0.25) is 0 Å². The molecule has 2 aliphatic carbocycles. The molecule has 7 heteroatoms. The summed E-state index contributed by atoms with van der Waals surface area (Å²) in [6.45, 7) is 2.86. The van der Waals surface area contributed by atoms with Crippen LogP contribution in [-0.4, -0.2) is 42.8 Å². The van der Waals surface area contributed by atoms with Crippen molar-refractivity contribution in [3.8, 4) is 11.1 Å². The van der Waals surface area contributed by atoms with E-state index in [1.165, 1.54) is 11.1 Å². The molecule has 2 aliphatic rings. The average Bonchev–Trinajstić information content (AvgIpc) is 3.11. The predicted octanol–water partition coefficient (Wildman–Crippen LogP) is 4.31. The minimum absolute atomic E-state index is 0.00554. The van der Waals surface area contributed by atoms with Gasteiger partial charge in [-0.3, -0.25) is 9.59 Å². The van der Waals surface area contributed by atoms with E-state index in [2.05, 4.69) is 34.9 Å². The minimum Gasteiger partial charge on any atom is -0.481 e. The van der Waals surface area contributed by atoms with Crippen LogP contribution in [-0.2, 0) is 14.3 Å². The van der Waals surface area contributed by atoms with E-state index in [9.17, 15) is 14.4 Å². The highest BCUT2D eigenvalue weighted by atomic mass is 16.5. The summed E-state index contributed by atoms with van der Waals surface area (Å²) >= 11 is 0. The summed E-state index contributed by atoms with van der Waals surface area (Å²) in [5.74, 6) is -1.02. The lowest BCUT2D eigenvalue weighted by Crippen LogP contribution is -2.44. The van der Waals surface area contributed by atoms with Crippen molar-refractivity contribution in [3.05, 3.63) is 59.7 Å². The monoisotopic (exact) mass is 464 g/mol. The lowest BCUT2D eigenvalue weighted by Gasteiger charge is -2.40. The molecular formula is C27H32N2O5. The summed E-state index contributed by atoms with van der Waals surface area (Å²) in [7, 11) is 0. The van der Waals surface area contributed by atoms with Crippen molar-refractivity contribution >= 4 is 18.0 Å². The number of hydrogen-bond acceptors (Lipinski definition) is 4. The molecule has 2 aromatic carbocycles. The Morgan fingerprint density at radius 1 is 1.03 bits per heavy atom. The fourth-order valence-corrected chi connectivity index (χ4v) is 5.07. The van der Waals surface area contributed by atoms with E-state index in [0.717, 1.165) is 30.4 Å². The fraction of sp³-hybridized carbons (Fsp3) is 0.444. The highest BCUT2D eigenvalue weighted by Crippen LogP contribution is 2.45. The number of hydrogen-bond donors (Lipinski definition) is 3. The quantitative estimate of drug-likeness (QED) is 0.486. The van der Waals surface area contributed by atoms with E-state index in [0.29, 0.717) is 13.1 Å². The lowest BCUT2D eigenvalue weighted by molar-refractivity contribution is -0.142. The van der Waals surface area contributed by atoms with Gasteiger partial charge in [0, 0.05) is 25.4 Å². The first kappa shape index (κ1) is 23.8. The maximum absolute atomic E-state index is 12.3. The zero-order valence-corrected chi connectivity index (χ0v) is 19.5. The zero-order chi connectivity index (χ0) is 24.1. The van der Waals surface area contributed by atoms with Gasteiger partial charge in [0.25, 0.3) is 0 Å². The van der Waals surface area contributed by atoms with E-state index in [1.54, 1.807) is 0 Å². The average molecular weight is 465 g/mol. The highest BCUT2D eigenvalue weighted by Gasteiger charge is 2.39. The second kappa shape index (κ2) is 10.3. The normalized spacial score (nSPS) is 16.5. The van der Waals surface area contributed by atoms with Crippen LogP contribution in [0.15, 0.2) is 48.5 Å². The van der Waals surface area contributed by atoms with Crippen LogP contribution in [0.25, 0.3) is 11.1 Å². The number of carboxylic acids is 1. The number of carbonyl (C=O) groups is 3. The summed E-state index contributed by atoms with van der Waals surface area (Å²) in [5.41, 5.74) is 4.38. The molecule has 1 saturated carbocycles. The van der Waals surface area contributed by atoms with E-state index in [-0.39, 0.29) is 42.6 Å². The molecule has 4 rings (SSSR count). The van der Waals surface area contributed by atoms with Gasteiger partial charge in [0.15, 0.2) is 0 Å². The van der Waals surface area contributed by atoms with Crippen LogP contribution in [0, 0.1) is 11.3 Å². The smallest absolute Gasteiger partial charge is 0.407 e. The SMILES string of the molecule is CC(CNC(=O)OCC1c2ccccc2-c2ccccc21)CC(=O)NCC1(CC(=O)O)CCC1. The van der Waals surface area contributed by atoms with Gasteiger partial charge in [-0.1, -0.05) is 61.9 Å². The van der Waals surface area contributed by atoms with Crippen LogP contribution < -0.4 is 10.6 Å². The second-order valence-electron chi connectivity index (χ2n) is 9.72. The van der Waals surface area contributed by atoms with E-state index < -0.39 is 12.1 Å². The molecular weight excluding hydrogens is 432 g/mol. The van der Waals surface area contributed by atoms with Gasteiger partial charge in [-0.2, -0.15) is 0 Å². The van der Waals surface area contributed by atoms with E-state index >= 15 is 0 Å². The van der Waals surface area contributed by atoms with Crippen molar-refractivity contribution in [1.29, 1.82) is 0 Å². The molecule has 7 nitrogen and oxygen atoms in total. The number of rotatable bonds is 10. The summed E-state index contributed by atoms with van der Waals surface area (Å²) in [4.78, 5) is 35.7. The third-order valence-corrected chi connectivity index (χ3v) is 7.07. The van der Waals surface area contributed by atoms with Crippen molar-refractivity contribution in [3.63, 3.8) is 0 Å². The maximum atomic E-state index is 12.3. The van der Waals surface area contributed by atoms with Crippen LogP contribution in [0.5, 0.6) is 0 Å². The van der Waals surface area contributed by atoms with Crippen LogP contribution in [0.4, 0.5) is 4.79 Å². The number of carboxylic acid groups (broad SMARTS) is 1. The first-order chi connectivity index (χ1) is 16.4. The van der Waals surface area contributed by atoms with Gasteiger partial charge in [0.1, 0.15) is 6.61 Å². The molecule has 1 atom stereocenters. The summed E-state index contributed by atoms with van der Waals surface area (Å²) in [6, 6.07) is 16.4. The first-order valence-electron chi connectivity index (χ1n) is 11.9. The van der Waals surface area contributed by atoms with Crippen LogP contribution in [0.3, 0.4) is 0 Å². The molecule has 2 aromatic rings. The van der Waals surface area contributed by atoms with E-state index in [1.807, 2.05) is 31.2 Å². The number of fused-ring (bicyclic) bond motifs is 3. The minimum atomic E-state index is -0.824. The Morgan fingerprint density at radius 3 is 2.21 bits per heavy atom. The Kier molecular flexibility index (Phi) is 7.20. The molecule has 0 aromatic heterocycles. The van der Waals surface area contributed by atoms with Gasteiger partial charge in [-0.25, -0.2) is 4.79 Å². The number of carbonyl (C=O) groups excluding carboxylic acids is 2.